The van der Waals surface area contributed by atoms with Crippen LogP contribution in [0.4, 0.5) is 10.2 Å². The van der Waals surface area contributed by atoms with Gasteiger partial charge in [-0.3, -0.25) is 0 Å². The molecule has 0 amide bonds. The van der Waals surface area contributed by atoms with Gasteiger partial charge in [-0.25, -0.2) is 4.98 Å². The average molecular weight is 295 g/mol. The summed E-state index contributed by atoms with van der Waals surface area (Å²) in [5.74, 6) is 0.0764. The van der Waals surface area contributed by atoms with Crippen LogP contribution in [-0.4, -0.2) is 4.98 Å². The molecule has 0 aliphatic rings. The summed E-state index contributed by atoms with van der Waals surface area (Å²) in [5.41, 5.74) is 2.31. The first-order valence-electron chi connectivity index (χ1n) is 5.26. The highest BCUT2D eigenvalue weighted by Crippen LogP contribution is 2.17. The van der Waals surface area contributed by atoms with E-state index in [-0.39, 0.29) is 0 Å². The van der Waals surface area contributed by atoms with Gasteiger partial charge in [0, 0.05) is 11.0 Å². The van der Waals surface area contributed by atoms with Crippen LogP contribution in [0.3, 0.4) is 0 Å². The van der Waals surface area contributed by atoms with Gasteiger partial charge in [-0.15, -0.1) is 0 Å². The molecule has 0 atom stereocenters. The van der Waals surface area contributed by atoms with Crippen molar-refractivity contribution in [3.8, 4) is 0 Å². The number of pyridine rings is 1. The maximum Gasteiger partial charge on any atom is 0.214 e. The normalized spacial score (nSPS) is 10.3. The summed E-state index contributed by atoms with van der Waals surface area (Å²) in [6, 6.07) is 10.8. The van der Waals surface area contributed by atoms with Crippen LogP contribution in [0.5, 0.6) is 0 Å². The van der Waals surface area contributed by atoms with E-state index in [9.17, 15) is 4.39 Å². The van der Waals surface area contributed by atoms with Crippen molar-refractivity contribution < 1.29 is 4.39 Å². The van der Waals surface area contributed by atoms with E-state index in [2.05, 4.69) is 32.3 Å². The van der Waals surface area contributed by atoms with E-state index < -0.39 is 5.95 Å². The summed E-state index contributed by atoms with van der Waals surface area (Å²) >= 11 is 3.45. The van der Waals surface area contributed by atoms with E-state index in [0.29, 0.717) is 12.4 Å². The fourth-order valence-electron chi connectivity index (χ4n) is 1.52. The van der Waals surface area contributed by atoms with Crippen molar-refractivity contribution in [3.63, 3.8) is 0 Å². The highest BCUT2D eigenvalue weighted by Gasteiger charge is 1.99. The molecule has 0 radical (unpaired) electrons. The third-order valence-corrected chi connectivity index (χ3v) is 3.30. The lowest BCUT2D eigenvalue weighted by Gasteiger charge is -2.07. The Morgan fingerprint density at radius 1 is 1.29 bits per heavy atom. The summed E-state index contributed by atoms with van der Waals surface area (Å²) in [6.45, 7) is 2.67. The van der Waals surface area contributed by atoms with Crippen LogP contribution in [0.25, 0.3) is 0 Å². The monoisotopic (exact) mass is 294 g/mol. The second kappa shape index (κ2) is 5.27. The Kier molecular flexibility index (Phi) is 3.74. The molecule has 2 rings (SSSR count). The number of aryl methyl sites for hydroxylation is 1. The van der Waals surface area contributed by atoms with Crippen molar-refractivity contribution in [3.05, 3.63) is 57.9 Å². The standard InChI is InChI=1S/C13H12BrFN2/c1-9-7-10(5-6-11(9)14)8-16-13-4-2-3-12(15)17-13/h2-7H,8H2,1H3,(H,16,17). The number of benzene rings is 1. The molecule has 0 bridgehead atoms. The summed E-state index contributed by atoms with van der Waals surface area (Å²) in [7, 11) is 0. The summed E-state index contributed by atoms with van der Waals surface area (Å²) < 4.78 is 13.9. The van der Waals surface area contributed by atoms with Crippen LogP contribution < -0.4 is 5.32 Å². The molecule has 0 unspecified atom stereocenters. The van der Waals surface area contributed by atoms with Gasteiger partial charge >= 0.3 is 0 Å². The van der Waals surface area contributed by atoms with Crippen molar-refractivity contribution in [1.82, 2.24) is 4.98 Å². The SMILES string of the molecule is Cc1cc(CNc2cccc(F)n2)ccc1Br. The molecule has 1 heterocycles. The van der Waals surface area contributed by atoms with Gasteiger partial charge in [-0.2, -0.15) is 4.39 Å². The molecule has 0 spiro atoms. The third-order valence-electron chi connectivity index (χ3n) is 2.41. The molecule has 0 aliphatic heterocycles. The Balaban J connectivity index is 2.05. The van der Waals surface area contributed by atoms with E-state index >= 15 is 0 Å². The van der Waals surface area contributed by atoms with Gasteiger partial charge < -0.3 is 5.32 Å². The molecule has 0 saturated heterocycles. The first-order chi connectivity index (χ1) is 8.15. The quantitative estimate of drug-likeness (QED) is 0.869. The predicted octanol–water partition coefficient (Wildman–Crippen LogP) is 3.90. The molecule has 0 saturated carbocycles. The lowest BCUT2D eigenvalue weighted by molar-refractivity contribution is 0.585. The fourth-order valence-corrected chi connectivity index (χ4v) is 1.76. The maximum absolute atomic E-state index is 12.9. The molecule has 1 N–H and O–H groups in total. The highest BCUT2D eigenvalue weighted by atomic mass is 79.9. The molecular weight excluding hydrogens is 283 g/mol. The third kappa shape index (κ3) is 3.27. The largest absolute Gasteiger partial charge is 0.366 e. The molecule has 1 aromatic carbocycles. The molecule has 88 valence electrons. The zero-order valence-electron chi connectivity index (χ0n) is 9.37. The molecule has 4 heteroatoms. The molecule has 0 fully saturated rings. The van der Waals surface area contributed by atoms with E-state index in [4.69, 9.17) is 0 Å². The van der Waals surface area contributed by atoms with Crippen molar-refractivity contribution in [1.29, 1.82) is 0 Å². The number of hydrogen-bond donors (Lipinski definition) is 1. The van der Waals surface area contributed by atoms with Crippen molar-refractivity contribution in [2.75, 3.05) is 5.32 Å². The van der Waals surface area contributed by atoms with Crippen LogP contribution in [0.15, 0.2) is 40.9 Å². The van der Waals surface area contributed by atoms with E-state index in [1.54, 1.807) is 12.1 Å². The van der Waals surface area contributed by atoms with Crippen LogP contribution in [0, 0.1) is 12.9 Å². The number of aromatic nitrogens is 1. The molecular formula is C13H12BrFN2. The van der Waals surface area contributed by atoms with Gasteiger partial charge in [-0.05, 0) is 36.2 Å². The van der Waals surface area contributed by atoms with E-state index in [1.165, 1.54) is 11.6 Å². The molecule has 1 aromatic heterocycles. The first kappa shape index (κ1) is 12.0. The minimum absolute atomic E-state index is 0.470. The van der Waals surface area contributed by atoms with E-state index in [0.717, 1.165) is 10.0 Å². The summed E-state index contributed by atoms with van der Waals surface area (Å²) in [4.78, 5) is 3.74. The second-order valence-electron chi connectivity index (χ2n) is 3.78. The zero-order valence-corrected chi connectivity index (χ0v) is 11.0. The Bertz CT molecular complexity index is 529. The van der Waals surface area contributed by atoms with Crippen LogP contribution in [0.2, 0.25) is 0 Å². The highest BCUT2D eigenvalue weighted by molar-refractivity contribution is 9.10. The zero-order chi connectivity index (χ0) is 12.3. The smallest absolute Gasteiger partial charge is 0.214 e. The lowest BCUT2D eigenvalue weighted by atomic mass is 10.1. The van der Waals surface area contributed by atoms with Gasteiger partial charge in [0.15, 0.2) is 0 Å². The average Bonchev–Trinajstić information content (AvgIpc) is 2.31. The summed E-state index contributed by atoms with van der Waals surface area (Å²) in [5, 5.41) is 3.08. The number of hydrogen-bond acceptors (Lipinski definition) is 2. The number of nitrogens with zero attached hydrogens (tertiary/aromatic N) is 1. The maximum atomic E-state index is 12.9. The number of nitrogens with one attached hydrogen (secondary N) is 1. The van der Waals surface area contributed by atoms with Gasteiger partial charge in [0.25, 0.3) is 0 Å². The Morgan fingerprint density at radius 3 is 2.82 bits per heavy atom. The van der Waals surface area contributed by atoms with Gasteiger partial charge in [0.2, 0.25) is 5.95 Å². The van der Waals surface area contributed by atoms with Gasteiger partial charge in [0.05, 0.1) is 0 Å². The van der Waals surface area contributed by atoms with Crippen molar-refractivity contribution >= 4 is 21.7 Å². The number of rotatable bonds is 3. The number of halogens is 2. The second-order valence-corrected chi connectivity index (χ2v) is 4.64. The minimum Gasteiger partial charge on any atom is -0.366 e. The van der Waals surface area contributed by atoms with Gasteiger partial charge in [-0.1, -0.05) is 34.1 Å². The predicted molar refractivity (Wildman–Crippen MR) is 70.4 cm³/mol. The number of anilines is 1. The van der Waals surface area contributed by atoms with Gasteiger partial charge in [0.1, 0.15) is 5.82 Å². The first-order valence-corrected chi connectivity index (χ1v) is 6.06. The molecule has 0 aliphatic carbocycles. The van der Waals surface area contributed by atoms with Crippen LogP contribution in [0.1, 0.15) is 11.1 Å². The molecule has 17 heavy (non-hydrogen) atoms. The van der Waals surface area contributed by atoms with Crippen LogP contribution >= 0.6 is 15.9 Å². The Morgan fingerprint density at radius 2 is 2.12 bits per heavy atom. The molecule has 2 nitrogen and oxygen atoms in total. The summed E-state index contributed by atoms with van der Waals surface area (Å²) in [6.07, 6.45) is 0. The lowest BCUT2D eigenvalue weighted by Crippen LogP contribution is -2.02. The van der Waals surface area contributed by atoms with Crippen molar-refractivity contribution in [2.45, 2.75) is 13.5 Å². The van der Waals surface area contributed by atoms with E-state index in [1.807, 2.05) is 19.1 Å². The Labute approximate surface area is 108 Å². The topological polar surface area (TPSA) is 24.9 Å². The minimum atomic E-state index is -0.470. The molecule has 2 aromatic rings. The van der Waals surface area contributed by atoms with Crippen LogP contribution in [-0.2, 0) is 6.54 Å². The fraction of sp³-hybridized carbons (Fsp3) is 0.154. The van der Waals surface area contributed by atoms with Crippen molar-refractivity contribution in [2.24, 2.45) is 0 Å². The Hall–Kier alpha value is -1.42.